The molecule has 1 saturated heterocycles. The molecule has 0 aromatic heterocycles. The van der Waals surface area contributed by atoms with Crippen molar-refractivity contribution in [2.45, 2.75) is 32.1 Å². The number of carbonyl (C=O) groups excluding carboxylic acids is 1. The highest BCUT2D eigenvalue weighted by atomic mass is 16.5. The summed E-state index contributed by atoms with van der Waals surface area (Å²) in [5.74, 6) is -1.26. The van der Waals surface area contributed by atoms with Crippen molar-refractivity contribution in [2.24, 2.45) is 5.92 Å². The first-order valence-electron chi connectivity index (χ1n) is 7.80. The van der Waals surface area contributed by atoms with Crippen LogP contribution in [-0.2, 0) is 9.53 Å². The number of aliphatic carboxylic acids is 1. The maximum Gasteiger partial charge on any atom is 0.308 e. The molecular formula is C17H23NO4. The Kier molecular flexibility index (Phi) is 5.95. The van der Waals surface area contributed by atoms with E-state index >= 15 is 0 Å². The topological polar surface area (TPSA) is 75.6 Å². The molecule has 1 fully saturated rings. The van der Waals surface area contributed by atoms with E-state index in [2.05, 4.69) is 5.32 Å². The lowest BCUT2D eigenvalue weighted by molar-refractivity contribution is -0.141. The summed E-state index contributed by atoms with van der Waals surface area (Å²) < 4.78 is 5.38. The second-order valence-corrected chi connectivity index (χ2v) is 5.72. The molecule has 1 aliphatic rings. The molecule has 22 heavy (non-hydrogen) atoms. The van der Waals surface area contributed by atoms with Crippen LogP contribution in [0.25, 0.3) is 0 Å². The van der Waals surface area contributed by atoms with Gasteiger partial charge >= 0.3 is 5.97 Å². The molecule has 1 amide bonds. The summed E-state index contributed by atoms with van der Waals surface area (Å²) in [6, 6.07) is 7.51. The molecule has 0 aliphatic carbocycles. The molecule has 1 aromatic carbocycles. The zero-order chi connectivity index (χ0) is 15.9. The van der Waals surface area contributed by atoms with Gasteiger partial charge in [0.25, 0.3) is 5.91 Å². The van der Waals surface area contributed by atoms with Crippen molar-refractivity contribution in [3.05, 3.63) is 35.4 Å². The van der Waals surface area contributed by atoms with Gasteiger partial charge in [0, 0.05) is 24.6 Å². The summed E-state index contributed by atoms with van der Waals surface area (Å²) in [4.78, 5) is 23.3. The maximum absolute atomic E-state index is 12.2. The average molecular weight is 305 g/mol. The van der Waals surface area contributed by atoms with Gasteiger partial charge in [-0.05, 0) is 30.5 Å². The van der Waals surface area contributed by atoms with E-state index in [-0.39, 0.29) is 12.5 Å². The molecule has 2 atom stereocenters. The van der Waals surface area contributed by atoms with Crippen LogP contribution in [0.3, 0.4) is 0 Å². The van der Waals surface area contributed by atoms with Crippen LogP contribution in [0, 0.1) is 5.92 Å². The lowest BCUT2D eigenvalue weighted by Gasteiger charge is -2.13. The number of nitrogens with one attached hydrogen (secondary N) is 1. The summed E-state index contributed by atoms with van der Waals surface area (Å²) in [5.41, 5.74) is 1.68. The zero-order valence-electron chi connectivity index (χ0n) is 12.9. The second kappa shape index (κ2) is 7.94. The van der Waals surface area contributed by atoms with E-state index in [1.807, 2.05) is 25.1 Å². The summed E-state index contributed by atoms with van der Waals surface area (Å²) in [6.07, 6.45) is 2.32. The van der Waals surface area contributed by atoms with Crippen LogP contribution in [0.4, 0.5) is 0 Å². The van der Waals surface area contributed by atoms with E-state index in [0.29, 0.717) is 24.5 Å². The molecule has 0 bridgehead atoms. The van der Waals surface area contributed by atoms with Crippen molar-refractivity contribution in [2.75, 3.05) is 19.8 Å². The predicted molar refractivity (Wildman–Crippen MR) is 83.0 cm³/mol. The SMILES string of the molecule is CCCC(CNC(=O)c1cccc(C2CCOC2)c1)C(=O)O. The molecule has 0 radical (unpaired) electrons. The van der Waals surface area contributed by atoms with Crippen LogP contribution in [-0.4, -0.2) is 36.7 Å². The van der Waals surface area contributed by atoms with Crippen molar-refractivity contribution in [1.29, 1.82) is 0 Å². The fraction of sp³-hybridized carbons (Fsp3) is 0.529. The first kappa shape index (κ1) is 16.5. The highest BCUT2D eigenvalue weighted by Gasteiger charge is 2.20. The molecular weight excluding hydrogens is 282 g/mol. The third-order valence-electron chi connectivity index (χ3n) is 4.05. The molecule has 2 unspecified atom stereocenters. The number of carboxylic acid groups (broad SMARTS) is 1. The zero-order valence-corrected chi connectivity index (χ0v) is 12.9. The summed E-state index contributed by atoms with van der Waals surface area (Å²) in [6.45, 7) is 3.56. The van der Waals surface area contributed by atoms with E-state index in [1.165, 1.54) is 0 Å². The normalized spacial score (nSPS) is 18.9. The first-order valence-corrected chi connectivity index (χ1v) is 7.80. The molecule has 0 spiro atoms. The number of ether oxygens (including phenoxy) is 1. The maximum atomic E-state index is 12.2. The molecule has 120 valence electrons. The largest absolute Gasteiger partial charge is 0.481 e. The highest BCUT2D eigenvalue weighted by molar-refractivity contribution is 5.94. The van der Waals surface area contributed by atoms with E-state index in [1.54, 1.807) is 6.07 Å². The molecule has 5 nitrogen and oxygen atoms in total. The van der Waals surface area contributed by atoms with Gasteiger partial charge in [-0.15, -0.1) is 0 Å². The van der Waals surface area contributed by atoms with Gasteiger partial charge in [-0.1, -0.05) is 25.5 Å². The van der Waals surface area contributed by atoms with Crippen LogP contribution in [0.5, 0.6) is 0 Å². The van der Waals surface area contributed by atoms with Crippen LogP contribution in [0.1, 0.15) is 48.0 Å². The number of hydrogen-bond acceptors (Lipinski definition) is 3. The smallest absolute Gasteiger partial charge is 0.308 e. The highest BCUT2D eigenvalue weighted by Crippen LogP contribution is 2.25. The van der Waals surface area contributed by atoms with Crippen LogP contribution >= 0.6 is 0 Å². The van der Waals surface area contributed by atoms with Crippen molar-refractivity contribution in [3.63, 3.8) is 0 Å². The van der Waals surface area contributed by atoms with Gasteiger partial charge in [-0.25, -0.2) is 0 Å². The number of rotatable bonds is 7. The third kappa shape index (κ3) is 4.31. The number of benzene rings is 1. The first-order chi connectivity index (χ1) is 10.6. The van der Waals surface area contributed by atoms with Crippen molar-refractivity contribution < 1.29 is 19.4 Å². The molecule has 1 aliphatic heterocycles. The summed E-state index contributed by atoms with van der Waals surface area (Å²) in [5, 5.41) is 11.8. The standard InChI is InChI=1S/C17H23NO4/c1-2-4-14(17(20)21)10-18-16(19)13-6-3-5-12(9-13)15-7-8-22-11-15/h3,5-6,9,14-15H,2,4,7-8,10-11H2,1H3,(H,18,19)(H,20,21). The van der Waals surface area contributed by atoms with Crippen LogP contribution in [0.15, 0.2) is 24.3 Å². The van der Waals surface area contributed by atoms with E-state index in [9.17, 15) is 9.59 Å². The summed E-state index contributed by atoms with van der Waals surface area (Å²) >= 11 is 0. The van der Waals surface area contributed by atoms with Crippen molar-refractivity contribution >= 4 is 11.9 Å². The Morgan fingerprint density at radius 2 is 2.27 bits per heavy atom. The van der Waals surface area contributed by atoms with Crippen molar-refractivity contribution in [1.82, 2.24) is 5.32 Å². The van der Waals surface area contributed by atoms with Crippen LogP contribution in [0.2, 0.25) is 0 Å². The van der Waals surface area contributed by atoms with E-state index in [0.717, 1.165) is 25.0 Å². The lowest BCUT2D eigenvalue weighted by Crippen LogP contribution is -2.33. The van der Waals surface area contributed by atoms with Crippen molar-refractivity contribution in [3.8, 4) is 0 Å². The number of amides is 1. The van der Waals surface area contributed by atoms with E-state index in [4.69, 9.17) is 9.84 Å². The molecule has 1 heterocycles. The van der Waals surface area contributed by atoms with Gasteiger partial charge in [-0.3, -0.25) is 9.59 Å². The molecule has 1 aromatic rings. The van der Waals surface area contributed by atoms with Gasteiger partial charge in [0.15, 0.2) is 0 Å². The fourth-order valence-corrected chi connectivity index (χ4v) is 2.71. The molecule has 0 saturated carbocycles. The Balaban J connectivity index is 1.97. The Morgan fingerprint density at radius 3 is 2.91 bits per heavy atom. The van der Waals surface area contributed by atoms with Gasteiger partial charge in [0.05, 0.1) is 12.5 Å². The Labute approximate surface area is 130 Å². The minimum Gasteiger partial charge on any atom is -0.481 e. The molecule has 5 heteroatoms. The number of carboxylic acids is 1. The number of carbonyl (C=O) groups is 2. The predicted octanol–water partition coefficient (Wildman–Crippen LogP) is 2.42. The Bertz CT molecular complexity index is 523. The second-order valence-electron chi connectivity index (χ2n) is 5.72. The monoisotopic (exact) mass is 305 g/mol. The third-order valence-corrected chi connectivity index (χ3v) is 4.05. The van der Waals surface area contributed by atoms with Gasteiger partial charge < -0.3 is 15.2 Å². The van der Waals surface area contributed by atoms with Gasteiger partial charge in [-0.2, -0.15) is 0 Å². The Hall–Kier alpha value is -1.88. The van der Waals surface area contributed by atoms with Gasteiger partial charge in [0.1, 0.15) is 0 Å². The average Bonchev–Trinajstić information content (AvgIpc) is 3.05. The lowest BCUT2D eigenvalue weighted by atomic mass is 9.96. The fourth-order valence-electron chi connectivity index (χ4n) is 2.71. The van der Waals surface area contributed by atoms with E-state index < -0.39 is 11.9 Å². The summed E-state index contributed by atoms with van der Waals surface area (Å²) in [7, 11) is 0. The minimum absolute atomic E-state index is 0.165. The van der Waals surface area contributed by atoms with Gasteiger partial charge in [0.2, 0.25) is 0 Å². The minimum atomic E-state index is -0.862. The quantitative estimate of drug-likeness (QED) is 0.811. The molecule has 2 N–H and O–H groups in total. The molecule has 2 rings (SSSR count). The van der Waals surface area contributed by atoms with Crippen LogP contribution < -0.4 is 5.32 Å². The Morgan fingerprint density at radius 1 is 1.45 bits per heavy atom. The number of hydrogen-bond donors (Lipinski definition) is 2.